The van der Waals surface area contributed by atoms with E-state index in [0.29, 0.717) is 6.04 Å². The third kappa shape index (κ3) is 8.53. The molecule has 3 heteroatoms. The lowest BCUT2D eigenvalue weighted by Gasteiger charge is -2.02. The first-order valence-electron chi connectivity index (χ1n) is 2.79. The maximum absolute atomic E-state index is 5.51. The van der Waals surface area contributed by atoms with E-state index in [2.05, 4.69) is 22.5 Å². The van der Waals surface area contributed by atoms with E-state index in [1.807, 2.05) is 6.92 Å². The average molecular weight is 210 g/mol. The molecule has 0 saturated heterocycles. The summed E-state index contributed by atoms with van der Waals surface area (Å²) in [7, 11) is 0. The molecule has 1 atom stereocenters. The third-order valence-corrected chi connectivity index (χ3v) is 2.61. The van der Waals surface area contributed by atoms with Crippen LogP contribution in [0.25, 0.3) is 0 Å². The second-order valence-corrected chi connectivity index (χ2v) is 4.16. The zero-order chi connectivity index (χ0) is 7.28. The Kier molecular flexibility index (Phi) is 5.64. The first kappa shape index (κ1) is 9.53. The summed E-state index contributed by atoms with van der Waals surface area (Å²) < 4.78 is 1.04. The summed E-state index contributed by atoms with van der Waals surface area (Å²) in [6.07, 6.45) is 0. The largest absolute Gasteiger partial charge is 0.327 e. The Labute approximate surface area is 69.2 Å². The van der Waals surface area contributed by atoms with E-state index in [4.69, 9.17) is 5.73 Å². The summed E-state index contributed by atoms with van der Waals surface area (Å²) in [6, 6.07) is 0.293. The van der Waals surface area contributed by atoms with Gasteiger partial charge in [0.2, 0.25) is 0 Å². The van der Waals surface area contributed by atoms with Crippen molar-refractivity contribution < 1.29 is 0 Å². The van der Waals surface area contributed by atoms with Crippen LogP contribution in [0.15, 0.2) is 11.1 Å². The molecule has 0 aromatic rings. The lowest BCUT2D eigenvalue weighted by atomic mass is 10.4. The van der Waals surface area contributed by atoms with Gasteiger partial charge in [0.1, 0.15) is 0 Å². The first-order valence-corrected chi connectivity index (χ1v) is 4.74. The van der Waals surface area contributed by atoms with Crippen molar-refractivity contribution >= 4 is 27.7 Å². The van der Waals surface area contributed by atoms with Crippen LogP contribution in [0.5, 0.6) is 0 Å². The summed E-state index contributed by atoms with van der Waals surface area (Å²) in [5, 5.41) is 0. The van der Waals surface area contributed by atoms with Crippen LogP contribution in [0.2, 0.25) is 0 Å². The van der Waals surface area contributed by atoms with Crippen LogP contribution in [0.4, 0.5) is 0 Å². The Balaban J connectivity index is 3.01. The summed E-state index contributed by atoms with van der Waals surface area (Å²) >= 11 is 5.07. The van der Waals surface area contributed by atoms with Crippen LogP contribution in [-0.2, 0) is 0 Å². The lowest BCUT2D eigenvalue weighted by molar-refractivity contribution is 0.848. The minimum absolute atomic E-state index is 0.293. The Morgan fingerprint density at radius 2 is 2.44 bits per heavy atom. The van der Waals surface area contributed by atoms with Crippen LogP contribution in [0, 0.1) is 0 Å². The van der Waals surface area contributed by atoms with E-state index in [0.717, 1.165) is 16.0 Å². The van der Waals surface area contributed by atoms with Crippen molar-refractivity contribution in [1.82, 2.24) is 0 Å². The van der Waals surface area contributed by atoms with E-state index in [1.165, 1.54) is 0 Å². The van der Waals surface area contributed by atoms with Crippen molar-refractivity contribution in [2.75, 3.05) is 11.5 Å². The van der Waals surface area contributed by atoms with Crippen LogP contribution in [0.1, 0.15) is 6.92 Å². The van der Waals surface area contributed by atoms with Gasteiger partial charge in [-0.2, -0.15) is 11.8 Å². The van der Waals surface area contributed by atoms with Crippen molar-refractivity contribution in [3.8, 4) is 0 Å². The predicted molar refractivity (Wildman–Crippen MR) is 49.0 cm³/mol. The third-order valence-electron chi connectivity index (χ3n) is 0.639. The van der Waals surface area contributed by atoms with Gasteiger partial charge < -0.3 is 5.73 Å². The SMILES string of the molecule is C=C(Br)CSCC(C)N. The van der Waals surface area contributed by atoms with Crippen molar-refractivity contribution in [3.63, 3.8) is 0 Å². The van der Waals surface area contributed by atoms with Crippen LogP contribution >= 0.6 is 27.7 Å². The molecule has 0 aromatic heterocycles. The van der Waals surface area contributed by atoms with E-state index in [1.54, 1.807) is 11.8 Å². The number of rotatable bonds is 4. The van der Waals surface area contributed by atoms with Gasteiger partial charge in [0, 0.05) is 17.5 Å². The fourth-order valence-electron chi connectivity index (χ4n) is 0.356. The molecular formula is C6H12BrNS. The van der Waals surface area contributed by atoms with Crippen molar-refractivity contribution in [3.05, 3.63) is 11.1 Å². The topological polar surface area (TPSA) is 26.0 Å². The van der Waals surface area contributed by atoms with Crippen molar-refractivity contribution in [2.24, 2.45) is 5.73 Å². The van der Waals surface area contributed by atoms with E-state index >= 15 is 0 Å². The fourth-order valence-corrected chi connectivity index (χ4v) is 1.55. The molecule has 1 nitrogen and oxygen atoms in total. The van der Waals surface area contributed by atoms with E-state index < -0.39 is 0 Å². The molecule has 0 bridgehead atoms. The van der Waals surface area contributed by atoms with Gasteiger partial charge >= 0.3 is 0 Å². The second-order valence-electron chi connectivity index (χ2n) is 2.01. The predicted octanol–water partition coefficient (Wildman–Crippen LogP) is 1.98. The zero-order valence-corrected chi connectivity index (χ0v) is 7.96. The van der Waals surface area contributed by atoms with Gasteiger partial charge in [-0.05, 0) is 11.4 Å². The molecule has 0 heterocycles. The maximum atomic E-state index is 5.51. The van der Waals surface area contributed by atoms with Gasteiger partial charge in [-0.25, -0.2) is 0 Å². The highest BCUT2D eigenvalue weighted by Gasteiger charge is 1.93. The molecule has 0 amide bonds. The van der Waals surface area contributed by atoms with Crippen LogP contribution in [0.3, 0.4) is 0 Å². The minimum Gasteiger partial charge on any atom is -0.327 e. The van der Waals surface area contributed by atoms with Crippen molar-refractivity contribution in [2.45, 2.75) is 13.0 Å². The smallest absolute Gasteiger partial charge is 0.0245 e. The van der Waals surface area contributed by atoms with Crippen LogP contribution in [-0.4, -0.2) is 17.5 Å². The van der Waals surface area contributed by atoms with Gasteiger partial charge in [0.15, 0.2) is 0 Å². The standard InChI is InChI=1S/C6H12BrNS/c1-5(7)3-9-4-6(2)8/h6H,1,3-4,8H2,2H3. The number of hydrogen-bond donors (Lipinski definition) is 1. The highest BCUT2D eigenvalue weighted by Crippen LogP contribution is 2.11. The quantitative estimate of drug-likeness (QED) is 0.767. The second kappa shape index (κ2) is 5.33. The average Bonchev–Trinajstić information content (AvgIpc) is 1.63. The highest BCUT2D eigenvalue weighted by molar-refractivity contribution is 9.11. The van der Waals surface area contributed by atoms with Crippen LogP contribution < -0.4 is 5.73 Å². The Morgan fingerprint density at radius 3 is 2.78 bits per heavy atom. The summed E-state index contributed by atoms with van der Waals surface area (Å²) in [6.45, 7) is 5.71. The lowest BCUT2D eigenvalue weighted by Crippen LogP contribution is -2.17. The van der Waals surface area contributed by atoms with Gasteiger partial charge in [0.05, 0.1) is 0 Å². The molecule has 0 aliphatic heterocycles. The molecular weight excluding hydrogens is 198 g/mol. The monoisotopic (exact) mass is 209 g/mol. The minimum atomic E-state index is 0.293. The first-order chi connectivity index (χ1) is 4.13. The Hall–Kier alpha value is 0.530. The number of halogens is 1. The van der Waals surface area contributed by atoms with E-state index in [9.17, 15) is 0 Å². The molecule has 0 spiro atoms. The summed E-state index contributed by atoms with van der Waals surface area (Å²) in [5.41, 5.74) is 5.51. The van der Waals surface area contributed by atoms with Gasteiger partial charge in [-0.1, -0.05) is 22.5 Å². The maximum Gasteiger partial charge on any atom is 0.0245 e. The van der Waals surface area contributed by atoms with Gasteiger partial charge in [-0.15, -0.1) is 0 Å². The number of thioether (sulfide) groups is 1. The Bertz CT molecular complexity index is 93.1. The van der Waals surface area contributed by atoms with Gasteiger partial charge in [-0.3, -0.25) is 0 Å². The fraction of sp³-hybridized carbons (Fsp3) is 0.667. The number of hydrogen-bond acceptors (Lipinski definition) is 2. The molecule has 0 aromatic carbocycles. The molecule has 1 unspecified atom stereocenters. The molecule has 0 saturated carbocycles. The normalized spacial score (nSPS) is 13.2. The Morgan fingerprint density at radius 1 is 1.89 bits per heavy atom. The molecule has 2 N–H and O–H groups in total. The van der Waals surface area contributed by atoms with Crippen molar-refractivity contribution in [1.29, 1.82) is 0 Å². The molecule has 0 aliphatic rings. The highest BCUT2D eigenvalue weighted by atomic mass is 79.9. The zero-order valence-electron chi connectivity index (χ0n) is 5.56. The summed E-state index contributed by atoms with van der Waals surface area (Å²) in [5.74, 6) is 1.96. The van der Waals surface area contributed by atoms with Gasteiger partial charge in [0.25, 0.3) is 0 Å². The molecule has 0 aliphatic carbocycles. The van der Waals surface area contributed by atoms with E-state index in [-0.39, 0.29) is 0 Å². The molecule has 9 heavy (non-hydrogen) atoms. The molecule has 54 valence electrons. The number of nitrogens with two attached hydrogens (primary N) is 1. The molecule has 0 rings (SSSR count). The molecule has 0 fully saturated rings. The summed E-state index contributed by atoms with van der Waals surface area (Å²) in [4.78, 5) is 0. The molecule has 0 radical (unpaired) electrons.